The van der Waals surface area contributed by atoms with Crippen molar-refractivity contribution in [2.24, 2.45) is 0 Å². The summed E-state index contributed by atoms with van der Waals surface area (Å²) < 4.78 is 31.2. The van der Waals surface area contributed by atoms with Gasteiger partial charge in [-0.05, 0) is 19.1 Å². The zero-order valence-corrected chi connectivity index (χ0v) is 8.59. The molecule has 0 aromatic heterocycles. The molecule has 0 radical (unpaired) electrons. The Bertz CT molecular complexity index is 452. The lowest BCUT2D eigenvalue weighted by molar-refractivity contribution is -0.117. The Hall–Kier alpha value is -1.96. The van der Waals surface area contributed by atoms with Crippen molar-refractivity contribution in [2.45, 2.75) is 13.3 Å². The second-order valence-corrected chi connectivity index (χ2v) is 3.15. The summed E-state index contributed by atoms with van der Waals surface area (Å²) >= 11 is 0. The third-order valence-electron chi connectivity index (χ3n) is 1.88. The third kappa shape index (κ3) is 2.76. The van der Waals surface area contributed by atoms with Crippen LogP contribution in [0.15, 0.2) is 12.1 Å². The van der Waals surface area contributed by atoms with Crippen LogP contribution in [-0.4, -0.2) is 12.4 Å². The minimum Gasteiger partial charge on any atom is -0.490 e. The summed E-state index contributed by atoms with van der Waals surface area (Å²) in [6, 6.07) is 3.80. The van der Waals surface area contributed by atoms with Crippen LogP contribution in [-0.2, 0) is 4.79 Å². The molecular weight excluding hydrogens is 216 g/mol. The predicted octanol–water partition coefficient (Wildman–Crippen LogP) is 2.19. The van der Waals surface area contributed by atoms with Crippen LogP contribution in [0.4, 0.5) is 8.78 Å². The quantitative estimate of drug-likeness (QED) is 0.789. The first-order valence-corrected chi connectivity index (χ1v) is 4.56. The van der Waals surface area contributed by atoms with Crippen LogP contribution in [0.3, 0.4) is 0 Å². The number of hydrogen-bond acceptors (Lipinski definition) is 3. The maximum atomic E-state index is 13.2. The van der Waals surface area contributed by atoms with Crippen molar-refractivity contribution in [1.29, 1.82) is 5.26 Å². The van der Waals surface area contributed by atoms with Gasteiger partial charge in [-0.1, -0.05) is 0 Å². The van der Waals surface area contributed by atoms with Crippen molar-refractivity contribution in [3.05, 3.63) is 29.3 Å². The molecule has 0 aliphatic carbocycles. The van der Waals surface area contributed by atoms with Crippen LogP contribution in [0.1, 0.15) is 18.9 Å². The molecule has 84 valence electrons. The minimum atomic E-state index is -1.23. The van der Waals surface area contributed by atoms with E-state index in [-0.39, 0.29) is 30.1 Å². The highest BCUT2D eigenvalue weighted by molar-refractivity contribution is 5.75. The van der Waals surface area contributed by atoms with Gasteiger partial charge in [0.25, 0.3) is 0 Å². The Morgan fingerprint density at radius 2 is 2.12 bits per heavy atom. The van der Waals surface area contributed by atoms with Gasteiger partial charge in [-0.25, -0.2) is 4.39 Å². The standard InChI is InChI=1S/C11H9F2NO2/c1-7(15)4-5-16-9-3-2-8(6-14)10(12)11(9)13/h2-3H,4-5H2,1H3. The molecule has 0 fully saturated rings. The van der Waals surface area contributed by atoms with Gasteiger partial charge < -0.3 is 4.74 Å². The molecule has 1 aromatic carbocycles. The van der Waals surface area contributed by atoms with Crippen LogP contribution in [0.5, 0.6) is 5.75 Å². The molecule has 0 atom stereocenters. The molecule has 0 amide bonds. The number of halogens is 2. The normalized spacial score (nSPS) is 9.62. The summed E-state index contributed by atoms with van der Waals surface area (Å²) in [6.07, 6.45) is 0.126. The van der Waals surface area contributed by atoms with Crippen LogP contribution in [0.2, 0.25) is 0 Å². The van der Waals surface area contributed by atoms with Gasteiger partial charge in [-0.15, -0.1) is 0 Å². The number of ether oxygens (including phenoxy) is 1. The number of carbonyl (C=O) groups excluding carboxylic acids is 1. The van der Waals surface area contributed by atoms with Crippen LogP contribution < -0.4 is 4.74 Å². The summed E-state index contributed by atoms with van der Waals surface area (Å²) in [6.45, 7) is 1.36. The maximum Gasteiger partial charge on any atom is 0.201 e. The largest absolute Gasteiger partial charge is 0.490 e. The van der Waals surface area contributed by atoms with E-state index in [1.807, 2.05) is 0 Å². The second-order valence-electron chi connectivity index (χ2n) is 3.15. The van der Waals surface area contributed by atoms with Gasteiger partial charge in [0, 0.05) is 6.42 Å². The number of nitriles is 1. The third-order valence-corrected chi connectivity index (χ3v) is 1.88. The first-order chi connectivity index (χ1) is 7.56. The summed E-state index contributed by atoms with van der Waals surface area (Å²) in [5.74, 6) is -2.84. The molecule has 0 spiro atoms. The van der Waals surface area contributed by atoms with Crippen molar-refractivity contribution in [3.8, 4) is 11.8 Å². The molecule has 0 aliphatic rings. The summed E-state index contributed by atoms with van der Waals surface area (Å²) in [7, 11) is 0. The fourth-order valence-corrected chi connectivity index (χ4v) is 1.03. The minimum absolute atomic E-state index is 0.0163. The number of benzene rings is 1. The molecule has 1 aromatic rings. The molecule has 0 saturated heterocycles. The van der Waals surface area contributed by atoms with E-state index in [1.54, 1.807) is 0 Å². The van der Waals surface area contributed by atoms with Gasteiger partial charge in [0.2, 0.25) is 5.82 Å². The molecular formula is C11H9F2NO2. The molecule has 0 bridgehead atoms. The van der Waals surface area contributed by atoms with Gasteiger partial charge in [-0.3, -0.25) is 4.79 Å². The fraction of sp³-hybridized carbons (Fsp3) is 0.273. The lowest BCUT2D eigenvalue weighted by Crippen LogP contribution is -2.05. The van der Waals surface area contributed by atoms with Crippen molar-refractivity contribution in [1.82, 2.24) is 0 Å². The molecule has 16 heavy (non-hydrogen) atoms. The first kappa shape index (κ1) is 12.1. The average molecular weight is 225 g/mol. The zero-order chi connectivity index (χ0) is 12.1. The van der Waals surface area contributed by atoms with Crippen LogP contribution >= 0.6 is 0 Å². The van der Waals surface area contributed by atoms with E-state index in [2.05, 4.69) is 0 Å². The lowest BCUT2D eigenvalue weighted by atomic mass is 10.2. The maximum absolute atomic E-state index is 13.2. The molecule has 0 aliphatic heterocycles. The topological polar surface area (TPSA) is 50.1 Å². The van der Waals surface area contributed by atoms with E-state index in [1.165, 1.54) is 13.0 Å². The van der Waals surface area contributed by atoms with Crippen LogP contribution in [0, 0.1) is 23.0 Å². The highest BCUT2D eigenvalue weighted by Crippen LogP contribution is 2.22. The smallest absolute Gasteiger partial charge is 0.201 e. The van der Waals surface area contributed by atoms with E-state index < -0.39 is 11.6 Å². The zero-order valence-electron chi connectivity index (χ0n) is 8.59. The van der Waals surface area contributed by atoms with E-state index in [0.29, 0.717) is 0 Å². The van der Waals surface area contributed by atoms with E-state index in [9.17, 15) is 13.6 Å². The number of hydrogen-bond donors (Lipinski definition) is 0. The van der Waals surface area contributed by atoms with Gasteiger partial charge in [0.05, 0.1) is 12.2 Å². The van der Waals surface area contributed by atoms with Gasteiger partial charge >= 0.3 is 0 Å². The molecule has 3 nitrogen and oxygen atoms in total. The molecule has 1 rings (SSSR count). The Kier molecular flexibility index (Phi) is 3.95. The summed E-state index contributed by atoms with van der Waals surface area (Å²) in [4.78, 5) is 10.6. The van der Waals surface area contributed by atoms with Gasteiger partial charge in [0.15, 0.2) is 11.6 Å². The lowest BCUT2D eigenvalue weighted by Gasteiger charge is -2.06. The van der Waals surface area contributed by atoms with Crippen molar-refractivity contribution >= 4 is 5.78 Å². The van der Waals surface area contributed by atoms with Crippen molar-refractivity contribution in [2.75, 3.05) is 6.61 Å². The molecule has 0 saturated carbocycles. The number of rotatable bonds is 4. The Morgan fingerprint density at radius 3 is 2.69 bits per heavy atom. The number of Topliss-reactive ketones (excluding diaryl/α,β-unsaturated/α-hetero) is 1. The Labute approximate surface area is 91.3 Å². The monoisotopic (exact) mass is 225 g/mol. The average Bonchev–Trinajstić information content (AvgIpc) is 2.24. The van der Waals surface area contributed by atoms with Crippen molar-refractivity contribution in [3.63, 3.8) is 0 Å². The predicted molar refractivity (Wildman–Crippen MR) is 51.9 cm³/mol. The SMILES string of the molecule is CC(=O)CCOc1ccc(C#N)c(F)c1F. The van der Waals surface area contributed by atoms with Gasteiger partial charge in [-0.2, -0.15) is 9.65 Å². The molecule has 5 heteroatoms. The highest BCUT2D eigenvalue weighted by Gasteiger charge is 2.14. The highest BCUT2D eigenvalue weighted by atomic mass is 19.2. The number of carbonyl (C=O) groups is 1. The van der Waals surface area contributed by atoms with Crippen molar-refractivity contribution < 1.29 is 18.3 Å². The molecule has 0 unspecified atom stereocenters. The van der Waals surface area contributed by atoms with Crippen LogP contribution in [0.25, 0.3) is 0 Å². The second kappa shape index (κ2) is 5.21. The van der Waals surface area contributed by atoms with E-state index in [0.717, 1.165) is 12.1 Å². The number of ketones is 1. The van der Waals surface area contributed by atoms with Gasteiger partial charge in [0.1, 0.15) is 11.9 Å². The summed E-state index contributed by atoms with van der Waals surface area (Å²) in [5, 5.41) is 8.44. The van der Waals surface area contributed by atoms with E-state index >= 15 is 0 Å². The number of nitrogens with zero attached hydrogens (tertiary/aromatic N) is 1. The molecule has 0 heterocycles. The first-order valence-electron chi connectivity index (χ1n) is 4.56. The Balaban J connectivity index is 2.79. The summed E-state index contributed by atoms with van der Waals surface area (Å²) in [5.41, 5.74) is -0.378. The fourth-order valence-electron chi connectivity index (χ4n) is 1.03. The Morgan fingerprint density at radius 1 is 1.44 bits per heavy atom. The van der Waals surface area contributed by atoms with E-state index in [4.69, 9.17) is 10.00 Å². The molecule has 0 N–H and O–H groups in total.